The Morgan fingerprint density at radius 2 is 1.62 bits per heavy atom. The van der Waals surface area contributed by atoms with E-state index in [1.807, 2.05) is 0 Å². The first-order valence-electron chi connectivity index (χ1n) is 11.5. The van der Waals surface area contributed by atoms with Gasteiger partial charge in [0.15, 0.2) is 12.4 Å². The first kappa shape index (κ1) is 26.9. The van der Waals surface area contributed by atoms with Crippen molar-refractivity contribution in [2.45, 2.75) is 30.6 Å². The van der Waals surface area contributed by atoms with Crippen LogP contribution in [-0.2, 0) is 38.2 Å². The van der Waals surface area contributed by atoms with Crippen LogP contribution < -0.4 is 4.72 Å². The van der Waals surface area contributed by atoms with Gasteiger partial charge in [-0.25, -0.2) is 13.8 Å². The number of carbonyl (C=O) groups excluding carboxylic acids is 2. The molecule has 0 aliphatic carbocycles. The number of hydrogen-bond donors (Lipinski definition) is 1. The Kier molecular flexibility index (Phi) is 9.03. The SMILES string of the molecule is C=CCOCCO[C@@H]1O[C@H](COC(=O)c2ccccc2)[C@H]2OS(=O)(=O)N[C@@H]1[C@H]2OC(=O)c1ccccc1. The number of esters is 2. The van der Waals surface area contributed by atoms with Crippen molar-refractivity contribution in [3.8, 4) is 0 Å². The van der Waals surface area contributed by atoms with E-state index in [9.17, 15) is 18.0 Å². The Bertz CT molecular complexity index is 1170. The molecule has 2 bridgehead atoms. The van der Waals surface area contributed by atoms with Gasteiger partial charge < -0.3 is 23.7 Å². The van der Waals surface area contributed by atoms with E-state index in [1.54, 1.807) is 66.7 Å². The minimum absolute atomic E-state index is 0.0398. The average molecular weight is 534 g/mol. The van der Waals surface area contributed by atoms with Gasteiger partial charge in [0.05, 0.1) is 30.9 Å². The zero-order valence-electron chi connectivity index (χ0n) is 19.8. The molecule has 2 saturated heterocycles. The fourth-order valence-electron chi connectivity index (χ4n) is 3.87. The van der Waals surface area contributed by atoms with Crippen LogP contribution in [0.3, 0.4) is 0 Å². The molecule has 11 nitrogen and oxygen atoms in total. The van der Waals surface area contributed by atoms with Crippen LogP contribution in [0, 0.1) is 0 Å². The van der Waals surface area contributed by atoms with Gasteiger partial charge in [0.25, 0.3) is 0 Å². The molecule has 0 amide bonds. The summed E-state index contributed by atoms with van der Waals surface area (Å²) in [6.07, 6.45) is -3.21. The van der Waals surface area contributed by atoms with Crippen molar-refractivity contribution in [3.63, 3.8) is 0 Å². The van der Waals surface area contributed by atoms with Gasteiger partial charge in [0.2, 0.25) is 0 Å². The highest BCUT2D eigenvalue weighted by atomic mass is 32.2. The molecule has 2 heterocycles. The zero-order valence-corrected chi connectivity index (χ0v) is 20.6. The van der Waals surface area contributed by atoms with Crippen molar-refractivity contribution >= 4 is 22.2 Å². The van der Waals surface area contributed by atoms with E-state index in [0.29, 0.717) is 12.2 Å². The van der Waals surface area contributed by atoms with Gasteiger partial charge in [0.1, 0.15) is 24.9 Å². The molecule has 2 aromatic carbocycles. The predicted octanol–water partition coefficient (Wildman–Crippen LogP) is 1.61. The van der Waals surface area contributed by atoms with Crippen LogP contribution in [0.5, 0.6) is 0 Å². The third-order valence-corrected chi connectivity index (χ3v) is 6.59. The fourth-order valence-corrected chi connectivity index (χ4v) is 5.03. The number of nitrogens with one attached hydrogen (secondary N) is 1. The van der Waals surface area contributed by atoms with E-state index in [2.05, 4.69) is 11.3 Å². The Hall–Kier alpha value is -3.13. The molecule has 198 valence electrons. The summed E-state index contributed by atoms with van der Waals surface area (Å²) >= 11 is 0. The first-order valence-corrected chi connectivity index (χ1v) is 12.9. The lowest BCUT2D eigenvalue weighted by Gasteiger charge is -2.47. The van der Waals surface area contributed by atoms with Gasteiger partial charge in [-0.2, -0.15) is 13.1 Å². The van der Waals surface area contributed by atoms with Crippen LogP contribution in [0.1, 0.15) is 20.7 Å². The van der Waals surface area contributed by atoms with Crippen molar-refractivity contribution in [3.05, 3.63) is 84.4 Å². The van der Waals surface area contributed by atoms with Gasteiger partial charge >= 0.3 is 22.2 Å². The number of ether oxygens (including phenoxy) is 5. The maximum absolute atomic E-state index is 12.9. The predicted molar refractivity (Wildman–Crippen MR) is 129 cm³/mol. The molecule has 2 aliphatic heterocycles. The van der Waals surface area contributed by atoms with Crippen LogP contribution >= 0.6 is 0 Å². The van der Waals surface area contributed by atoms with Crippen molar-refractivity contribution in [2.24, 2.45) is 0 Å². The summed E-state index contributed by atoms with van der Waals surface area (Å²) in [5.41, 5.74) is 0.562. The van der Waals surface area contributed by atoms with E-state index >= 15 is 0 Å². The van der Waals surface area contributed by atoms with E-state index in [0.717, 1.165) is 0 Å². The highest BCUT2D eigenvalue weighted by Gasteiger charge is 2.56. The van der Waals surface area contributed by atoms with Crippen LogP contribution in [0.2, 0.25) is 0 Å². The molecule has 0 saturated carbocycles. The Labute approximate surface area is 214 Å². The van der Waals surface area contributed by atoms with E-state index < -0.39 is 52.9 Å². The molecular formula is C25H27NO10S. The lowest BCUT2D eigenvalue weighted by atomic mass is 9.97. The molecule has 0 radical (unpaired) electrons. The van der Waals surface area contributed by atoms with Gasteiger partial charge in [-0.05, 0) is 24.3 Å². The second-order valence-corrected chi connectivity index (χ2v) is 9.47. The Morgan fingerprint density at radius 3 is 2.27 bits per heavy atom. The lowest BCUT2D eigenvalue weighted by molar-refractivity contribution is -0.271. The normalized spacial score (nSPS) is 26.1. The molecule has 4 rings (SSSR count). The van der Waals surface area contributed by atoms with E-state index in [4.69, 9.17) is 27.9 Å². The Morgan fingerprint density at radius 1 is 0.973 bits per heavy atom. The standard InChI is InChI=1S/C25H27NO10S/c1-2-13-31-14-15-32-25-20-22(35-24(28)18-11-7-4-8-12-18)21(36-37(29,30)26-20)19(34-25)16-33-23(27)17-9-5-3-6-10-17/h2-12,19-22,25-26H,1,13-16H2/t19-,20-,21-,22-,25-/m1/s1. The molecule has 37 heavy (non-hydrogen) atoms. The summed E-state index contributed by atoms with van der Waals surface area (Å²) in [6.45, 7) is 3.70. The third kappa shape index (κ3) is 7.01. The van der Waals surface area contributed by atoms with Crippen molar-refractivity contribution in [1.82, 2.24) is 4.72 Å². The first-order chi connectivity index (χ1) is 17.9. The molecule has 2 aliphatic rings. The van der Waals surface area contributed by atoms with Gasteiger partial charge in [-0.1, -0.05) is 42.5 Å². The third-order valence-electron chi connectivity index (χ3n) is 5.55. The Balaban J connectivity index is 1.54. The van der Waals surface area contributed by atoms with Crippen molar-refractivity contribution in [1.29, 1.82) is 0 Å². The molecule has 0 unspecified atom stereocenters. The summed E-state index contributed by atoms with van der Waals surface area (Å²) < 4.78 is 60.6. The average Bonchev–Trinajstić information content (AvgIpc) is 2.90. The van der Waals surface area contributed by atoms with Gasteiger partial charge in [-0.3, -0.25) is 0 Å². The summed E-state index contributed by atoms with van der Waals surface area (Å²) in [5.74, 6) is -1.34. The molecule has 5 atom stereocenters. The van der Waals surface area contributed by atoms with Crippen LogP contribution in [0.15, 0.2) is 73.3 Å². The topological polar surface area (TPSA) is 136 Å². The number of fused-ring (bicyclic) bond motifs is 2. The lowest BCUT2D eigenvalue weighted by Crippen LogP contribution is -2.71. The van der Waals surface area contributed by atoms with Crippen molar-refractivity contribution in [2.75, 3.05) is 26.4 Å². The second kappa shape index (κ2) is 12.4. The van der Waals surface area contributed by atoms with Crippen molar-refractivity contribution < 1.29 is 45.9 Å². The highest BCUT2D eigenvalue weighted by Crippen LogP contribution is 2.32. The van der Waals surface area contributed by atoms with Crippen LogP contribution in [0.4, 0.5) is 0 Å². The second-order valence-electron chi connectivity index (χ2n) is 8.14. The number of hydrogen-bond acceptors (Lipinski definition) is 10. The van der Waals surface area contributed by atoms with E-state index in [-0.39, 0.29) is 25.4 Å². The fraction of sp³-hybridized carbons (Fsp3) is 0.360. The quantitative estimate of drug-likeness (QED) is 0.258. The molecule has 12 heteroatoms. The summed E-state index contributed by atoms with van der Waals surface area (Å²) in [6, 6.07) is 15.3. The largest absolute Gasteiger partial charge is 0.459 e. The molecule has 0 spiro atoms. The summed E-state index contributed by atoms with van der Waals surface area (Å²) in [5, 5.41) is 0. The molecular weight excluding hydrogens is 506 g/mol. The van der Waals surface area contributed by atoms with E-state index in [1.165, 1.54) is 0 Å². The highest BCUT2D eigenvalue weighted by molar-refractivity contribution is 7.84. The van der Waals surface area contributed by atoms with Crippen LogP contribution in [0.25, 0.3) is 0 Å². The van der Waals surface area contributed by atoms with Gasteiger partial charge in [0, 0.05) is 0 Å². The smallest absolute Gasteiger partial charge is 0.338 e. The summed E-state index contributed by atoms with van der Waals surface area (Å²) in [4.78, 5) is 25.3. The molecule has 2 aromatic rings. The minimum Gasteiger partial charge on any atom is -0.459 e. The minimum atomic E-state index is -4.26. The maximum atomic E-state index is 12.9. The zero-order chi connectivity index (χ0) is 26.3. The van der Waals surface area contributed by atoms with Crippen LogP contribution in [-0.4, -0.2) is 77.4 Å². The number of carbonyl (C=O) groups is 2. The monoisotopic (exact) mass is 533 g/mol. The number of rotatable bonds is 11. The maximum Gasteiger partial charge on any atom is 0.338 e. The molecule has 2 fully saturated rings. The van der Waals surface area contributed by atoms with Gasteiger partial charge in [-0.15, -0.1) is 6.58 Å². The number of benzene rings is 2. The molecule has 0 aromatic heterocycles. The summed E-state index contributed by atoms with van der Waals surface area (Å²) in [7, 11) is -4.26. The molecule has 1 N–H and O–H groups in total.